The first-order valence-corrected chi connectivity index (χ1v) is 9.15. The van der Waals surface area contributed by atoms with Crippen molar-refractivity contribution in [2.75, 3.05) is 16.8 Å². The molecular weight excluding hydrogens is 457 g/mol. The van der Waals surface area contributed by atoms with Crippen molar-refractivity contribution in [1.82, 2.24) is 0 Å². The Kier molecular flexibility index (Phi) is 5.65. The highest BCUT2D eigenvalue weighted by Gasteiger charge is 2.35. The summed E-state index contributed by atoms with van der Waals surface area (Å²) in [7, 11) is 0. The second-order valence-corrected chi connectivity index (χ2v) is 7.08. The van der Waals surface area contributed by atoms with Crippen molar-refractivity contribution >= 4 is 45.1 Å². The lowest BCUT2D eigenvalue weighted by molar-refractivity contribution is -0.137. The van der Waals surface area contributed by atoms with Gasteiger partial charge in [-0.05, 0) is 53.2 Å². The van der Waals surface area contributed by atoms with Crippen LogP contribution in [0.25, 0.3) is 0 Å². The van der Waals surface area contributed by atoms with Gasteiger partial charge in [-0.25, -0.2) is 4.79 Å². The fourth-order valence-electron chi connectivity index (χ4n) is 2.78. The Morgan fingerprint density at radius 3 is 2.55 bits per heavy atom. The third kappa shape index (κ3) is 4.42. The maximum Gasteiger partial charge on any atom is 0.416 e. The lowest BCUT2D eigenvalue weighted by Gasteiger charge is -2.31. The maximum absolute atomic E-state index is 12.9. The minimum atomic E-state index is -4.60. The number of nitrogens with zero attached hydrogens (tertiary/aromatic N) is 1. The van der Waals surface area contributed by atoms with Crippen molar-refractivity contribution in [3.05, 3.63) is 58.1 Å². The highest BCUT2D eigenvalue weighted by Crippen LogP contribution is 2.37. The van der Waals surface area contributed by atoms with Crippen molar-refractivity contribution in [3.8, 4) is 0 Å². The number of benzene rings is 2. The van der Waals surface area contributed by atoms with E-state index in [2.05, 4.69) is 21.2 Å². The number of carbonyl (C=O) groups is 3. The first-order valence-electron chi connectivity index (χ1n) is 8.36. The lowest BCUT2D eigenvalue weighted by atomic mass is 10.1. The molecule has 0 spiro atoms. The van der Waals surface area contributed by atoms with Crippen LogP contribution in [0.2, 0.25) is 0 Å². The topological polar surface area (TPSA) is 75.7 Å². The fourth-order valence-corrected chi connectivity index (χ4v) is 3.23. The molecule has 2 amide bonds. The molecule has 1 aliphatic rings. The number of hydrogen-bond acceptors (Lipinski definition) is 4. The van der Waals surface area contributed by atoms with Crippen molar-refractivity contribution in [1.29, 1.82) is 0 Å². The van der Waals surface area contributed by atoms with Crippen molar-refractivity contribution in [2.45, 2.75) is 19.2 Å². The predicted molar refractivity (Wildman–Crippen MR) is 101 cm³/mol. The first kappa shape index (κ1) is 20.8. The molecule has 0 bridgehead atoms. The quantitative estimate of drug-likeness (QED) is 0.687. The van der Waals surface area contributed by atoms with Crippen LogP contribution in [0.3, 0.4) is 0 Å². The fraction of sp³-hybridized carbons (Fsp3) is 0.211. The zero-order valence-corrected chi connectivity index (χ0v) is 16.5. The molecule has 0 radical (unpaired) electrons. The standard InChI is InChI=1S/C19H14BrF3N2O4/c1-10(29-18(28)12-4-2-3-5-13(12)20)17(27)25-9-16(26)24-14-8-11(19(21,22)23)6-7-15(14)25/h2-8,10H,9H2,1H3,(H,24,26). The molecule has 0 saturated carbocycles. The van der Waals surface area contributed by atoms with E-state index < -0.39 is 42.2 Å². The van der Waals surface area contributed by atoms with Crippen LogP contribution >= 0.6 is 15.9 Å². The highest BCUT2D eigenvalue weighted by atomic mass is 79.9. The second kappa shape index (κ2) is 7.86. The average molecular weight is 471 g/mol. The van der Waals surface area contributed by atoms with Crippen LogP contribution < -0.4 is 10.2 Å². The van der Waals surface area contributed by atoms with Crippen LogP contribution in [-0.4, -0.2) is 30.4 Å². The van der Waals surface area contributed by atoms with Gasteiger partial charge in [0.15, 0.2) is 6.10 Å². The minimum Gasteiger partial charge on any atom is -0.449 e. The monoisotopic (exact) mass is 470 g/mol. The Morgan fingerprint density at radius 1 is 1.21 bits per heavy atom. The van der Waals surface area contributed by atoms with Gasteiger partial charge in [0.25, 0.3) is 5.91 Å². The molecule has 29 heavy (non-hydrogen) atoms. The molecule has 6 nitrogen and oxygen atoms in total. The molecule has 0 fully saturated rings. The zero-order chi connectivity index (χ0) is 21.3. The van der Waals surface area contributed by atoms with E-state index in [1.807, 2.05) is 0 Å². The van der Waals surface area contributed by atoms with Gasteiger partial charge in [-0.3, -0.25) is 14.5 Å². The number of halogens is 4. The summed E-state index contributed by atoms with van der Waals surface area (Å²) in [5, 5.41) is 2.32. The first-order chi connectivity index (χ1) is 13.6. The highest BCUT2D eigenvalue weighted by molar-refractivity contribution is 9.10. The summed E-state index contributed by atoms with van der Waals surface area (Å²) in [6.07, 6.45) is -5.87. The van der Waals surface area contributed by atoms with E-state index in [0.717, 1.165) is 23.1 Å². The van der Waals surface area contributed by atoms with Gasteiger partial charge in [-0.15, -0.1) is 0 Å². The molecule has 1 heterocycles. The van der Waals surface area contributed by atoms with E-state index in [9.17, 15) is 27.6 Å². The van der Waals surface area contributed by atoms with Crippen LogP contribution in [0.5, 0.6) is 0 Å². The van der Waals surface area contributed by atoms with Crippen LogP contribution in [0.4, 0.5) is 24.5 Å². The van der Waals surface area contributed by atoms with E-state index in [-0.39, 0.29) is 16.9 Å². The van der Waals surface area contributed by atoms with Gasteiger partial charge >= 0.3 is 12.1 Å². The van der Waals surface area contributed by atoms with Crippen molar-refractivity contribution in [2.24, 2.45) is 0 Å². The number of nitrogens with one attached hydrogen (secondary N) is 1. The Balaban J connectivity index is 1.83. The molecule has 0 aliphatic carbocycles. The van der Waals surface area contributed by atoms with Crippen LogP contribution in [0.15, 0.2) is 46.9 Å². The number of anilines is 2. The van der Waals surface area contributed by atoms with E-state index in [1.165, 1.54) is 13.0 Å². The lowest BCUT2D eigenvalue weighted by Crippen LogP contribution is -2.47. The van der Waals surface area contributed by atoms with Gasteiger partial charge in [-0.1, -0.05) is 12.1 Å². The summed E-state index contributed by atoms with van der Waals surface area (Å²) >= 11 is 3.21. The summed E-state index contributed by atoms with van der Waals surface area (Å²) in [5.41, 5.74) is -0.807. The molecular formula is C19H14BrF3N2O4. The Labute approximate surface area is 171 Å². The van der Waals surface area contributed by atoms with E-state index in [1.54, 1.807) is 18.2 Å². The molecule has 10 heteroatoms. The van der Waals surface area contributed by atoms with Gasteiger partial charge in [0, 0.05) is 4.47 Å². The predicted octanol–water partition coefficient (Wildman–Crippen LogP) is 4.00. The Hall–Kier alpha value is -2.88. The SMILES string of the molecule is CC(OC(=O)c1ccccc1Br)C(=O)N1CC(=O)Nc2cc(C(F)(F)F)ccc21. The summed E-state index contributed by atoms with van der Waals surface area (Å²) in [6.45, 7) is 0.918. The van der Waals surface area contributed by atoms with Gasteiger partial charge in [0.05, 0.1) is 22.5 Å². The van der Waals surface area contributed by atoms with E-state index in [4.69, 9.17) is 4.74 Å². The zero-order valence-electron chi connectivity index (χ0n) is 14.9. The largest absolute Gasteiger partial charge is 0.449 e. The second-order valence-electron chi connectivity index (χ2n) is 6.23. The minimum absolute atomic E-state index is 0.0893. The average Bonchev–Trinajstić information content (AvgIpc) is 2.65. The third-order valence-corrected chi connectivity index (χ3v) is 4.87. The third-order valence-electron chi connectivity index (χ3n) is 4.18. The number of hydrogen-bond donors (Lipinski definition) is 1. The number of fused-ring (bicyclic) bond motifs is 1. The van der Waals surface area contributed by atoms with E-state index >= 15 is 0 Å². The summed E-state index contributed by atoms with van der Waals surface area (Å²) in [6, 6.07) is 9.13. The molecule has 0 aromatic heterocycles. The van der Waals surface area contributed by atoms with Crippen LogP contribution in [0, 0.1) is 0 Å². The van der Waals surface area contributed by atoms with Gasteiger partial charge < -0.3 is 10.1 Å². The van der Waals surface area contributed by atoms with Crippen LogP contribution in [-0.2, 0) is 20.5 Å². The number of ether oxygens (including phenoxy) is 1. The van der Waals surface area contributed by atoms with Gasteiger partial charge in [0.2, 0.25) is 5.91 Å². The molecule has 1 unspecified atom stereocenters. The van der Waals surface area contributed by atoms with Crippen molar-refractivity contribution < 1.29 is 32.3 Å². The molecule has 2 aromatic carbocycles. The summed E-state index contributed by atoms with van der Waals surface area (Å²) in [5.74, 6) is -2.15. The Morgan fingerprint density at radius 2 is 1.90 bits per heavy atom. The molecule has 1 aliphatic heterocycles. The number of carbonyl (C=O) groups excluding carboxylic acids is 3. The van der Waals surface area contributed by atoms with Crippen LogP contribution in [0.1, 0.15) is 22.8 Å². The molecule has 1 N–H and O–H groups in total. The smallest absolute Gasteiger partial charge is 0.416 e. The summed E-state index contributed by atoms with van der Waals surface area (Å²) in [4.78, 5) is 38.0. The number of alkyl halides is 3. The molecule has 3 rings (SSSR count). The molecule has 1 atom stereocenters. The maximum atomic E-state index is 12.9. The Bertz CT molecular complexity index is 994. The van der Waals surface area contributed by atoms with E-state index in [0.29, 0.717) is 4.47 Å². The molecule has 0 saturated heterocycles. The van der Waals surface area contributed by atoms with Gasteiger partial charge in [0.1, 0.15) is 6.54 Å². The molecule has 2 aromatic rings. The molecule has 152 valence electrons. The number of esters is 1. The number of rotatable bonds is 3. The van der Waals surface area contributed by atoms with Gasteiger partial charge in [-0.2, -0.15) is 13.2 Å². The van der Waals surface area contributed by atoms with Crippen molar-refractivity contribution in [3.63, 3.8) is 0 Å². The normalized spacial score (nSPS) is 14.7. The number of amides is 2. The summed E-state index contributed by atoms with van der Waals surface area (Å²) < 4.78 is 44.4.